The first-order valence-corrected chi connectivity index (χ1v) is 14.4. The number of rotatable bonds is 9. The normalized spacial score (nSPS) is 14.2. The van der Waals surface area contributed by atoms with E-state index >= 15 is 0 Å². The molecule has 1 unspecified atom stereocenters. The lowest BCUT2D eigenvalue weighted by Crippen LogP contribution is -2.33. The molecule has 10 heteroatoms. The summed E-state index contributed by atoms with van der Waals surface area (Å²) in [4.78, 5) is 17.1. The van der Waals surface area contributed by atoms with E-state index in [1.165, 1.54) is 18.5 Å². The lowest BCUT2D eigenvalue weighted by molar-refractivity contribution is 0.0956. The molecule has 8 nitrogen and oxygen atoms in total. The van der Waals surface area contributed by atoms with Crippen LogP contribution in [0.25, 0.3) is 5.70 Å². The third-order valence-corrected chi connectivity index (χ3v) is 7.30. The molecule has 1 aromatic heterocycles. The van der Waals surface area contributed by atoms with E-state index in [-0.39, 0.29) is 18.2 Å². The minimum atomic E-state index is -3.44. The zero-order valence-corrected chi connectivity index (χ0v) is 22.2. The van der Waals surface area contributed by atoms with Gasteiger partial charge >= 0.3 is 0 Å². The van der Waals surface area contributed by atoms with E-state index < -0.39 is 15.9 Å². The second-order valence-electron chi connectivity index (χ2n) is 8.48. The number of para-hydroxylation sites is 1. The standard InChI is InChI=1S/C27H28N4O4S2/c1-19(15-28-27(32)23-12-13-31(16-23)37(3,33)34)29-26-18-36-17-25(30-26)22-9-7-8-21(14-22)20(2)35-24-10-5-4-6-11-24/h4-14,16-17,20H,1,15,18H2,2-3H3,(H,28,32)(H,29,30). The van der Waals surface area contributed by atoms with Crippen LogP contribution in [-0.2, 0) is 10.0 Å². The zero-order valence-electron chi connectivity index (χ0n) is 20.5. The molecule has 37 heavy (non-hydrogen) atoms. The second kappa shape index (κ2) is 11.5. The Morgan fingerprint density at radius 2 is 1.97 bits per heavy atom. The van der Waals surface area contributed by atoms with Gasteiger partial charge in [-0.3, -0.25) is 8.77 Å². The molecule has 4 rings (SSSR count). The average molecular weight is 537 g/mol. The number of aliphatic imine (C=N–C) groups is 1. The summed E-state index contributed by atoms with van der Waals surface area (Å²) in [6, 6.07) is 19.3. The van der Waals surface area contributed by atoms with E-state index in [1.807, 2.05) is 60.9 Å². The molecule has 0 saturated carbocycles. The number of carbonyl (C=O) groups excluding carboxylic acids is 1. The fourth-order valence-electron chi connectivity index (χ4n) is 3.58. The highest BCUT2D eigenvalue weighted by Gasteiger charge is 2.15. The maximum absolute atomic E-state index is 12.4. The molecule has 1 amide bonds. The first kappa shape index (κ1) is 26.3. The van der Waals surface area contributed by atoms with Gasteiger partial charge in [-0.05, 0) is 42.2 Å². The van der Waals surface area contributed by atoms with E-state index in [0.29, 0.717) is 11.4 Å². The number of nitrogens with one attached hydrogen (secondary N) is 2. The number of amidine groups is 1. The van der Waals surface area contributed by atoms with E-state index in [0.717, 1.165) is 38.6 Å². The van der Waals surface area contributed by atoms with Crippen molar-refractivity contribution in [1.29, 1.82) is 0 Å². The van der Waals surface area contributed by atoms with Crippen LogP contribution in [0.15, 0.2) is 95.7 Å². The van der Waals surface area contributed by atoms with Gasteiger partial charge in [0, 0.05) is 23.7 Å². The molecule has 0 fully saturated rings. The summed E-state index contributed by atoms with van der Waals surface area (Å²) in [7, 11) is -3.44. The Morgan fingerprint density at radius 1 is 1.19 bits per heavy atom. The number of nitrogens with zero attached hydrogens (tertiary/aromatic N) is 2. The van der Waals surface area contributed by atoms with Crippen molar-refractivity contribution in [2.24, 2.45) is 4.99 Å². The molecule has 2 heterocycles. The number of benzene rings is 2. The van der Waals surface area contributed by atoms with E-state index in [4.69, 9.17) is 9.73 Å². The van der Waals surface area contributed by atoms with Crippen LogP contribution in [0.3, 0.4) is 0 Å². The van der Waals surface area contributed by atoms with Gasteiger partial charge in [0.2, 0.25) is 10.0 Å². The Morgan fingerprint density at radius 3 is 2.70 bits per heavy atom. The molecule has 1 aliphatic rings. The third-order valence-electron chi connectivity index (χ3n) is 5.47. The van der Waals surface area contributed by atoms with E-state index in [9.17, 15) is 13.2 Å². The Labute approximate surface area is 221 Å². The number of thioether (sulfide) groups is 1. The molecule has 0 spiro atoms. The summed E-state index contributed by atoms with van der Waals surface area (Å²) < 4.78 is 30.2. The summed E-state index contributed by atoms with van der Waals surface area (Å²) in [6.07, 6.45) is 3.56. The Hall–Kier alpha value is -3.76. The van der Waals surface area contributed by atoms with Crippen molar-refractivity contribution >= 4 is 39.2 Å². The molecule has 0 saturated heterocycles. The van der Waals surface area contributed by atoms with Crippen molar-refractivity contribution in [2.45, 2.75) is 13.0 Å². The fraction of sp³-hybridized carbons (Fsp3) is 0.185. The number of hydrogen-bond acceptors (Lipinski definition) is 7. The van der Waals surface area contributed by atoms with Crippen molar-refractivity contribution < 1.29 is 17.9 Å². The molecule has 2 N–H and O–H groups in total. The Bertz CT molecular complexity index is 1460. The topological polar surface area (TPSA) is 102 Å². The van der Waals surface area contributed by atoms with Crippen molar-refractivity contribution in [3.8, 4) is 5.75 Å². The number of carbonyl (C=O) groups is 1. The molecule has 0 aliphatic carbocycles. The molecule has 0 radical (unpaired) electrons. The highest BCUT2D eigenvalue weighted by molar-refractivity contribution is 8.03. The predicted octanol–water partition coefficient (Wildman–Crippen LogP) is 4.41. The van der Waals surface area contributed by atoms with Gasteiger partial charge in [0.15, 0.2) is 0 Å². The zero-order chi connectivity index (χ0) is 26.4. The van der Waals surface area contributed by atoms with Crippen molar-refractivity contribution in [3.05, 3.63) is 107 Å². The number of hydrogen-bond donors (Lipinski definition) is 2. The summed E-state index contributed by atoms with van der Waals surface area (Å²) >= 11 is 1.62. The first-order chi connectivity index (χ1) is 17.7. The van der Waals surface area contributed by atoms with E-state index in [2.05, 4.69) is 23.3 Å². The van der Waals surface area contributed by atoms with Gasteiger partial charge in [0.1, 0.15) is 17.7 Å². The third kappa shape index (κ3) is 7.14. The van der Waals surface area contributed by atoms with Crippen molar-refractivity contribution in [2.75, 3.05) is 18.6 Å². The molecule has 1 atom stereocenters. The molecule has 3 aromatic rings. The monoisotopic (exact) mass is 536 g/mol. The lowest BCUT2D eigenvalue weighted by Gasteiger charge is -2.18. The molecule has 1 aliphatic heterocycles. The Balaban J connectivity index is 1.35. The fourth-order valence-corrected chi connectivity index (χ4v) is 4.89. The van der Waals surface area contributed by atoms with Gasteiger partial charge in [0.05, 0.1) is 29.8 Å². The molecule has 2 aromatic carbocycles. The van der Waals surface area contributed by atoms with Gasteiger partial charge in [0.25, 0.3) is 5.91 Å². The van der Waals surface area contributed by atoms with Crippen molar-refractivity contribution in [1.82, 2.24) is 14.6 Å². The summed E-state index contributed by atoms with van der Waals surface area (Å²) in [5.74, 6) is 1.79. The van der Waals surface area contributed by atoms with Crippen LogP contribution in [0.2, 0.25) is 0 Å². The van der Waals surface area contributed by atoms with Crippen LogP contribution >= 0.6 is 11.8 Å². The number of ether oxygens (including phenoxy) is 1. The summed E-state index contributed by atoms with van der Waals surface area (Å²) in [5.41, 5.74) is 3.65. The average Bonchev–Trinajstić information content (AvgIpc) is 3.40. The second-order valence-corrected chi connectivity index (χ2v) is 11.2. The van der Waals surface area contributed by atoms with Crippen LogP contribution in [0, 0.1) is 0 Å². The smallest absolute Gasteiger partial charge is 0.253 e. The minimum Gasteiger partial charge on any atom is -0.486 e. The maximum Gasteiger partial charge on any atom is 0.253 e. The van der Waals surface area contributed by atoms with Gasteiger partial charge in [-0.25, -0.2) is 13.4 Å². The van der Waals surface area contributed by atoms with Gasteiger partial charge < -0.3 is 15.4 Å². The largest absolute Gasteiger partial charge is 0.486 e. The molecular weight excluding hydrogens is 508 g/mol. The minimum absolute atomic E-state index is 0.126. The number of amides is 1. The predicted molar refractivity (Wildman–Crippen MR) is 149 cm³/mol. The lowest BCUT2D eigenvalue weighted by atomic mass is 10.1. The van der Waals surface area contributed by atoms with Gasteiger partial charge in [-0.1, -0.05) is 43.0 Å². The van der Waals surface area contributed by atoms with Crippen LogP contribution in [0.4, 0.5) is 0 Å². The maximum atomic E-state index is 12.4. The SMILES string of the molecule is C=C(CNC(=O)c1ccn(S(C)(=O)=O)c1)NC1=NC(c2cccc(C(C)Oc3ccccc3)c2)=CSC1. The Kier molecular flexibility index (Phi) is 8.20. The van der Waals surface area contributed by atoms with Crippen LogP contribution < -0.4 is 15.4 Å². The quantitative estimate of drug-likeness (QED) is 0.420. The van der Waals surface area contributed by atoms with Gasteiger partial charge in [-0.2, -0.15) is 0 Å². The first-order valence-electron chi connectivity index (χ1n) is 11.5. The summed E-state index contributed by atoms with van der Waals surface area (Å²) in [5, 5.41) is 7.93. The highest BCUT2D eigenvalue weighted by atomic mass is 32.2. The molecular formula is C27H28N4O4S2. The van der Waals surface area contributed by atoms with Gasteiger partial charge in [-0.15, -0.1) is 11.8 Å². The van der Waals surface area contributed by atoms with Crippen LogP contribution in [0.1, 0.15) is 34.5 Å². The number of aromatic nitrogens is 1. The summed E-state index contributed by atoms with van der Waals surface area (Å²) in [6.45, 7) is 6.16. The highest BCUT2D eigenvalue weighted by Crippen LogP contribution is 2.28. The molecule has 192 valence electrons. The van der Waals surface area contributed by atoms with Crippen LogP contribution in [-0.4, -0.2) is 42.7 Å². The van der Waals surface area contributed by atoms with Crippen molar-refractivity contribution in [3.63, 3.8) is 0 Å². The molecule has 0 bridgehead atoms. The van der Waals surface area contributed by atoms with E-state index in [1.54, 1.807) is 11.8 Å². The van der Waals surface area contributed by atoms with Crippen LogP contribution in [0.5, 0.6) is 5.75 Å².